The summed E-state index contributed by atoms with van der Waals surface area (Å²) >= 11 is 4.60. The minimum absolute atomic E-state index is 0.0191. The van der Waals surface area contributed by atoms with Gasteiger partial charge in [0.2, 0.25) is 0 Å². The van der Waals surface area contributed by atoms with Crippen LogP contribution in [0, 0.1) is 0 Å². The van der Waals surface area contributed by atoms with Gasteiger partial charge in [0.1, 0.15) is 0 Å². The summed E-state index contributed by atoms with van der Waals surface area (Å²) < 4.78 is 3.34. The van der Waals surface area contributed by atoms with Gasteiger partial charge in [0.15, 0.2) is 5.78 Å². The zero-order valence-corrected chi connectivity index (χ0v) is 16.1. The number of ketones is 1. The van der Waals surface area contributed by atoms with Crippen LogP contribution in [0.2, 0.25) is 0 Å². The molecule has 1 aromatic heterocycles. The summed E-state index contributed by atoms with van der Waals surface area (Å²) in [5, 5.41) is 0. The molecule has 4 rings (SSSR count). The lowest BCUT2D eigenvalue weighted by Gasteiger charge is -2.06. The average molecular weight is 424 g/mol. The molecule has 3 aromatic carbocycles. The number of rotatable bonds is 4. The average Bonchev–Trinajstić information content (AvgIpc) is 2.97. The van der Waals surface area contributed by atoms with Gasteiger partial charge in [-0.05, 0) is 35.9 Å². The predicted octanol–water partition coefficient (Wildman–Crippen LogP) is 5.10. The number of benzene rings is 3. The van der Waals surface area contributed by atoms with Crippen molar-refractivity contribution in [1.82, 2.24) is 4.57 Å². The van der Waals surface area contributed by atoms with Crippen molar-refractivity contribution in [1.29, 1.82) is 0 Å². The van der Waals surface area contributed by atoms with Crippen LogP contribution in [0.4, 0.5) is 0 Å². The molecule has 26 heavy (non-hydrogen) atoms. The Hall–Kier alpha value is -2.50. The molecular formula is C21H14BrNO2S. The van der Waals surface area contributed by atoms with Crippen LogP contribution in [-0.2, 0) is 6.54 Å². The number of carbonyl (C=O) groups is 1. The van der Waals surface area contributed by atoms with Crippen LogP contribution in [0.25, 0.3) is 10.2 Å². The quantitative estimate of drug-likeness (QED) is 0.428. The van der Waals surface area contributed by atoms with Crippen molar-refractivity contribution in [3.63, 3.8) is 0 Å². The van der Waals surface area contributed by atoms with E-state index in [1.807, 2.05) is 60.7 Å². The Morgan fingerprint density at radius 1 is 0.962 bits per heavy atom. The number of hydrogen-bond acceptors (Lipinski definition) is 3. The van der Waals surface area contributed by atoms with E-state index in [1.165, 1.54) is 11.3 Å². The number of aromatic nitrogens is 1. The molecule has 128 valence electrons. The normalized spacial score (nSPS) is 11.0. The molecule has 0 saturated carbocycles. The van der Waals surface area contributed by atoms with E-state index < -0.39 is 0 Å². The van der Waals surface area contributed by atoms with Crippen molar-refractivity contribution in [2.45, 2.75) is 6.54 Å². The van der Waals surface area contributed by atoms with E-state index in [9.17, 15) is 9.59 Å². The fourth-order valence-corrected chi connectivity index (χ4v) is 4.32. The molecule has 0 spiro atoms. The van der Waals surface area contributed by atoms with Crippen LogP contribution in [-0.4, -0.2) is 10.4 Å². The standard InChI is InChI=1S/C21H14BrNO2S/c22-17-9-5-4-8-16(17)20(24)15-10-11-18-19(12-15)26-21(25)23(18)13-14-6-2-1-3-7-14/h1-12H,13H2. The molecule has 0 bridgehead atoms. The monoisotopic (exact) mass is 423 g/mol. The maximum Gasteiger partial charge on any atom is 0.308 e. The second-order valence-electron chi connectivity index (χ2n) is 5.93. The number of fused-ring (bicyclic) bond motifs is 1. The molecule has 0 fully saturated rings. The smallest absolute Gasteiger partial charge is 0.294 e. The van der Waals surface area contributed by atoms with E-state index in [0.717, 1.165) is 20.3 Å². The molecule has 0 aliphatic heterocycles. The molecular weight excluding hydrogens is 410 g/mol. The van der Waals surface area contributed by atoms with Crippen molar-refractivity contribution < 1.29 is 4.79 Å². The molecule has 4 aromatic rings. The van der Waals surface area contributed by atoms with Crippen molar-refractivity contribution in [2.24, 2.45) is 0 Å². The molecule has 0 unspecified atom stereocenters. The lowest BCUT2D eigenvalue weighted by molar-refractivity contribution is 0.103. The zero-order valence-electron chi connectivity index (χ0n) is 13.7. The zero-order chi connectivity index (χ0) is 18.1. The predicted molar refractivity (Wildman–Crippen MR) is 109 cm³/mol. The summed E-state index contributed by atoms with van der Waals surface area (Å²) in [6.07, 6.45) is 0. The molecule has 0 N–H and O–H groups in total. The lowest BCUT2D eigenvalue weighted by Crippen LogP contribution is -2.13. The van der Waals surface area contributed by atoms with Gasteiger partial charge in [-0.1, -0.05) is 69.7 Å². The molecule has 0 aliphatic carbocycles. The number of carbonyl (C=O) groups excluding carboxylic acids is 1. The second kappa shape index (κ2) is 7.02. The van der Waals surface area contributed by atoms with Gasteiger partial charge in [-0.3, -0.25) is 14.2 Å². The topological polar surface area (TPSA) is 39.1 Å². The second-order valence-corrected chi connectivity index (χ2v) is 7.78. The summed E-state index contributed by atoms with van der Waals surface area (Å²) in [7, 11) is 0. The van der Waals surface area contributed by atoms with Crippen LogP contribution in [0.15, 0.2) is 82.1 Å². The van der Waals surface area contributed by atoms with Crippen molar-refractivity contribution >= 4 is 43.3 Å². The molecule has 5 heteroatoms. The van der Waals surface area contributed by atoms with Gasteiger partial charge < -0.3 is 0 Å². The largest absolute Gasteiger partial charge is 0.308 e. The van der Waals surface area contributed by atoms with E-state index in [-0.39, 0.29) is 10.7 Å². The van der Waals surface area contributed by atoms with Gasteiger partial charge in [0.05, 0.1) is 16.8 Å². The molecule has 0 amide bonds. The molecule has 0 radical (unpaired) electrons. The van der Waals surface area contributed by atoms with Crippen LogP contribution in [0.1, 0.15) is 21.5 Å². The lowest BCUT2D eigenvalue weighted by atomic mass is 10.0. The Morgan fingerprint density at radius 3 is 2.46 bits per heavy atom. The van der Waals surface area contributed by atoms with Crippen LogP contribution >= 0.6 is 27.3 Å². The van der Waals surface area contributed by atoms with Gasteiger partial charge in [0.25, 0.3) is 0 Å². The third-order valence-corrected chi connectivity index (χ3v) is 5.87. The van der Waals surface area contributed by atoms with E-state index in [4.69, 9.17) is 0 Å². The van der Waals surface area contributed by atoms with E-state index in [2.05, 4.69) is 15.9 Å². The molecule has 0 aliphatic rings. The summed E-state index contributed by atoms with van der Waals surface area (Å²) in [4.78, 5) is 25.2. The fourth-order valence-electron chi connectivity index (χ4n) is 2.92. The summed E-state index contributed by atoms with van der Waals surface area (Å²) in [6.45, 7) is 0.525. The molecule has 3 nitrogen and oxygen atoms in total. The number of thiazole rings is 1. The minimum atomic E-state index is -0.0603. The molecule has 0 saturated heterocycles. The Balaban J connectivity index is 1.74. The number of nitrogens with zero attached hydrogens (tertiary/aromatic N) is 1. The Morgan fingerprint density at radius 2 is 1.69 bits per heavy atom. The highest BCUT2D eigenvalue weighted by Crippen LogP contribution is 2.24. The van der Waals surface area contributed by atoms with Gasteiger partial charge in [-0.2, -0.15) is 0 Å². The first kappa shape index (κ1) is 16.9. The number of halogens is 1. The highest BCUT2D eigenvalue weighted by Gasteiger charge is 2.15. The summed E-state index contributed by atoms with van der Waals surface area (Å²) in [5.74, 6) is -0.0603. The van der Waals surface area contributed by atoms with Gasteiger partial charge in [0, 0.05) is 15.6 Å². The fraction of sp³-hybridized carbons (Fsp3) is 0.0476. The highest BCUT2D eigenvalue weighted by atomic mass is 79.9. The highest BCUT2D eigenvalue weighted by molar-refractivity contribution is 9.10. The Kier molecular flexibility index (Phi) is 4.57. The van der Waals surface area contributed by atoms with E-state index >= 15 is 0 Å². The van der Waals surface area contributed by atoms with Crippen LogP contribution < -0.4 is 4.87 Å². The van der Waals surface area contributed by atoms with Gasteiger partial charge in [-0.25, -0.2) is 0 Å². The summed E-state index contributed by atoms with van der Waals surface area (Å²) in [5.41, 5.74) is 3.12. The van der Waals surface area contributed by atoms with Gasteiger partial charge >= 0.3 is 4.87 Å². The maximum atomic E-state index is 12.8. The molecule has 0 atom stereocenters. The number of hydrogen-bond donors (Lipinski definition) is 0. The third kappa shape index (κ3) is 3.16. The summed E-state index contributed by atoms with van der Waals surface area (Å²) in [6, 6.07) is 22.7. The van der Waals surface area contributed by atoms with Crippen LogP contribution in [0.5, 0.6) is 0 Å². The first-order chi connectivity index (χ1) is 12.6. The SMILES string of the molecule is O=C(c1ccc2c(c1)sc(=O)n2Cc1ccccc1)c1ccccc1Br. The minimum Gasteiger partial charge on any atom is -0.294 e. The van der Waals surface area contributed by atoms with E-state index in [1.54, 1.807) is 16.7 Å². The Labute approximate surface area is 162 Å². The Bertz CT molecular complexity index is 1160. The van der Waals surface area contributed by atoms with Crippen molar-refractivity contribution in [3.05, 3.63) is 104 Å². The first-order valence-corrected chi connectivity index (χ1v) is 9.71. The van der Waals surface area contributed by atoms with Gasteiger partial charge in [-0.15, -0.1) is 0 Å². The van der Waals surface area contributed by atoms with Crippen molar-refractivity contribution in [2.75, 3.05) is 0 Å². The van der Waals surface area contributed by atoms with Crippen LogP contribution in [0.3, 0.4) is 0 Å². The first-order valence-electron chi connectivity index (χ1n) is 8.10. The van der Waals surface area contributed by atoms with Crippen molar-refractivity contribution in [3.8, 4) is 0 Å². The third-order valence-electron chi connectivity index (χ3n) is 4.23. The van der Waals surface area contributed by atoms with E-state index in [0.29, 0.717) is 17.7 Å². The molecule has 1 heterocycles. The maximum absolute atomic E-state index is 12.8.